The second-order valence-electron chi connectivity index (χ2n) is 6.11. The number of halogens is 1. The van der Waals surface area contributed by atoms with E-state index in [0.717, 1.165) is 4.88 Å². The van der Waals surface area contributed by atoms with E-state index in [4.69, 9.17) is 4.74 Å². The molecule has 1 atom stereocenters. The number of benzene rings is 2. The molecular weight excluding hydrogens is 381 g/mol. The summed E-state index contributed by atoms with van der Waals surface area (Å²) in [6.07, 6.45) is 0. The smallest absolute Gasteiger partial charge is 0.342 e. The number of hydrogen-bond donors (Lipinski definition) is 2. The van der Waals surface area contributed by atoms with Crippen LogP contribution in [-0.2, 0) is 9.53 Å². The molecule has 0 bridgehead atoms. The van der Waals surface area contributed by atoms with E-state index in [1.807, 2.05) is 17.5 Å². The Balaban J connectivity index is 1.68. The quantitative estimate of drug-likeness (QED) is 0.615. The minimum Gasteiger partial charge on any atom is -0.507 e. The first kappa shape index (κ1) is 19.6. The van der Waals surface area contributed by atoms with Crippen LogP contribution in [0.5, 0.6) is 5.75 Å². The lowest BCUT2D eigenvalue weighted by Gasteiger charge is -2.18. The van der Waals surface area contributed by atoms with Crippen LogP contribution in [0.4, 0.5) is 4.39 Å². The third-order valence-corrected chi connectivity index (χ3v) is 5.07. The zero-order valence-electron chi connectivity index (χ0n) is 15.0. The number of carbonyl (C=O) groups is 2. The van der Waals surface area contributed by atoms with Crippen LogP contribution < -0.4 is 5.32 Å². The van der Waals surface area contributed by atoms with Crippen LogP contribution in [0.25, 0.3) is 0 Å². The van der Waals surface area contributed by atoms with Gasteiger partial charge in [0.1, 0.15) is 17.1 Å². The molecule has 7 heteroatoms. The standard InChI is InChI=1S/C21H18FNO4S/c1-13-4-2-5-16(20(13)25)21(26)27-12-18(24)23-19(17-6-3-11-28-17)14-7-9-15(22)10-8-14/h2-11,19,25H,12H2,1H3,(H,23,24)/t19-/m0/s1. The molecule has 2 aromatic carbocycles. The third-order valence-electron chi connectivity index (χ3n) is 4.13. The summed E-state index contributed by atoms with van der Waals surface area (Å²) >= 11 is 1.45. The number of esters is 1. The van der Waals surface area contributed by atoms with Crippen molar-refractivity contribution in [2.45, 2.75) is 13.0 Å². The average molecular weight is 399 g/mol. The lowest BCUT2D eigenvalue weighted by Crippen LogP contribution is -2.32. The first-order chi connectivity index (χ1) is 13.5. The lowest BCUT2D eigenvalue weighted by atomic mass is 10.1. The van der Waals surface area contributed by atoms with E-state index in [9.17, 15) is 19.1 Å². The molecule has 0 fully saturated rings. The maximum Gasteiger partial charge on any atom is 0.342 e. The van der Waals surface area contributed by atoms with Crippen LogP contribution in [0.15, 0.2) is 60.0 Å². The summed E-state index contributed by atoms with van der Waals surface area (Å²) in [6, 6.07) is 13.8. The van der Waals surface area contributed by atoms with Gasteiger partial charge in [-0.15, -0.1) is 11.3 Å². The number of rotatable bonds is 6. The third kappa shape index (κ3) is 4.55. The number of aromatic hydroxyl groups is 1. The van der Waals surface area contributed by atoms with Crippen molar-refractivity contribution in [1.29, 1.82) is 0 Å². The lowest BCUT2D eigenvalue weighted by molar-refractivity contribution is -0.124. The number of para-hydroxylation sites is 1. The SMILES string of the molecule is Cc1cccc(C(=O)OCC(=O)N[C@@H](c2ccc(F)cc2)c2cccs2)c1O. The van der Waals surface area contributed by atoms with Gasteiger partial charge >= 0.3 is 5.97 Å². The van der Waals surface area contributed by atoms with Gasteiger partial charge in [0.25, 0.3) is 5.91 Å². The van der Waals surface area contributed by atoms with Crippen LogP contribution in [0.2, 0.25) is 0 Å². The van der Waals surface area contributed by atoms with Gasteiger partial charge in [-0.3, -0.25) is 4.79 Å². The van der Waals surface area contributed by atoms with Crippen LogP contribution in [-0.4, -0.2) is 23.6 Å². The second-order valence-corrected chi connectivity index (χ2v) is 7.09. The van der Waals surface area contributed by atoms with E-state index in [0.29, 0.717) is 11.1 Å². The zero-order valence-corrected chi connectivity index (χ0v) is 15.8. The molecule has 144 valence electrons. The van der Waals surface area contributed by atoms with Crippen molar-refractivity contribution in [3.63, 3.8) is 0 Å². The van der Waals surface area contributed by atoms with Gasteiger partial charge in [0.05, 0.1) is 6.04 Å². The Morgan fingerprint density at radius 2 is 1.89 bits per heavy atom. The molecule has 0 aliphatic rings. The Morgan fingerprint density at radius 1 is 1.14 bits per heavy atom. The first-order valence-electron chi connectivity index (χ1n) is 8.49. The van der Waals surface area contributed by atoms with Crippen molar-refractivity contribution in [3.05, 3.63) is 87.4 Å². The van der Waals surface area contributed by atoms with Crippen molar-refractivity contribution in [3.8, 4) is 5.75 Å². The van der Waals surface area contributed by atoms with Gasteiger partial charge in [-0.25, -0.2) is 9.18 Å². The van der Waals surface area contributed by atoms with E-state index in [-0.39, 0.29) is 17.1 Å². The molecule has 0 aliphatic carbocycles. The van der Waals surface area contributed by atoms with E-state index in [1.165, 1.54) is 29.5 Å². The Morgan fingerprint density at radius 3 is 2.57 bits per heavy atom. The minimum absolute atomic E-state index is 0.00106. The van der Waals surface area contributed by atoms with E-state index in [1.54, 1.807) is 31.2 Å². The van der Waals surface area contributed by atoms with Crippen molar-refractivity contribution in [2.75, 3.05) is 6.61 Å². The number of phenolic OH excluding ortho intramolecular Hbond substituents is 1. The fourth-order valence-electron chi connectivity index (χ4n) is 2.66. The molecule has 3 rings (SSSR count). The van der Waals surface area contributed by atoms with Gasteiger partial charge in [0.2, 0.25) is 0 Å². The number of phenols is 1. The molecule has 3 aromatic rings. The molecule has 0 saturated heterocycles. The molecule has 1 aromatic heterocycles. The molecule has 0 radical (unpaired) electrons. The Bertz CT molecular complexity index is 971. The van der Waals surface area contributed by atoms with Crippen molar-refractivity contribution in [1.82, 2.24) is 5.32 Å². The fraction of sp³-hybridized carbons (Fsp3) is 0.143. The van der Waals surface area contributed by atoms with Crippen molar-refractivity contribution < 1.29 is 23.8 Å². The molecule has 28 heavy (non-hydrogen) atoms. The molecule has 0 saturated carbocycles. The topological polar surface area (TPSA) is 75.6 Å². The number of hydrogen-bond acceptors (Lipinski definition) is 5. The fourth-order valence-corrected chi connectivity index (χ4v) is 3.47. The van der Waals surface area contributed by atoms with Gasteiger partial charge in [0.15, 0.2) is 6.61 Å². The largest absolute Gasteiger partial charge is 0.507 e. The molecular formula is C21H18FNO4S. The summed E-state index contributed by atoms with van der Waals surface area (Å²) in [6.45, 7) is 1.16. The van der Waals surface area contributed by atoms with Crippen LogP contribution in [0.1, 0.15) is 32.4 Å². The van der Waals surface area contributed by atoms with Crippen LogP contribution >= 0.6 is 11.3 Å². The number of nitrogens with one attached hydrogen (secondary N) is 1. The Kier molecular flexibility index (Phi) is 6.06. The first-order valence-corrected chi connectivity index (χ1v) is 9.37. The minimum atomic E-state index is -0.786. The predicted molar refractivity (Wildman–Crippen MR) is 104 cm³/mol. The molecule has 0 unspecified atom stereocenters. The number of thiophene rings is 1. The summed E-state index contributed by atoms with van der Waals surface area (Å²) in [7, 11) is 0. The molecule has 5 nitrogen and oxygen atoms in total. The summed E-state index contributed by atoms with van der Waals surface area (Å²) in [4.78, 5) is 25.4. The molecule has 0 aliphatic heterocycles. The average Bonchev–Trinajstić information content (AvgIpc) is 3.21. The molecule has 0 spiro atoms. The molecule has 1 heterocycles. The van der Waals surface area contributed by atoms with Gasteiger partial charge < -0.3 is 15.2 Å². The number of amides is 1. The second kappa shape index (κ2) is 8.67. The summed E-state index contributed by atoms with van der Waals surface area (Å²) < 4.78 is 18.3. The van der Waals surface area contributed by atoms with Gasteiger partial charge in [-0.05, 0) is 47.7 Å². The zero-order chi connectivity index (χ0) is 20.1. The van der Waals surface area contributed by atoms with E-state index < -0.39 is 24.5 Å². The van der Waals surface area contributed by atoms with Crippen LogP contribution in [0.3, 0.4) is 0 Å². The summed E-state index contributed by atoms with van der Waals surface area (Å²) in [5.74, 6) is -1.84. The van der Waals surface area contributed by atoms with Crippen LogP contribution in [0, 0.1) is 12.7 Å². The monoisotopic (exact) mass is 399 g/mol. The normalized spacial score (nSPS) is 11.6. The highest BCUT2D eigenvalue weighted by molar-refractivity contribution is 7.10. The highest BCUT2D eigenvalue weighted by Gasteiger charge is 2.20. The number of ether oxygens (including phenoxy) is 1. The Labute approximate surface area is 165 Å². The maximum absolute atomic E-state index is 13.2. The highest BCUT2D eigenvalue weighted by atomic mass is 32.1. The van der Waals surface area contributed by atoms with Gasteiger partial charge in [0, 0.05) is 4.88 Å². The van der Waals surface area contributed by atoms with E-state index in [2.05, 4.69) is 5.32 Å². The maximum atomic E-state index is 13.2. The number of aryl methyl sites for hydroxylation is 1. The van der Waals surface area contributed by atoms with Crippen molar-refractivity contribution >= 4 is 23.2 Å². The van der Waals surface area contributed by atoms with E-state index >= 15 is 0 Å². The number of carbonyl (C=O) groups excluding carboxylic acids is 2. The molecule has 1 amide bonds. The van der Waals surface area contributed by atoms with Crippen molar-refractivity contribution in [2.24, 2.45) is 0 Å². The Hall–Kier alpha value is -3.19. The molecule has 2 N–H and O–H groups in total. The predicted octanol–water partition coefficient (Wildman–Crippen LogP) is 3.96. The van der Waals surface area contributed by atoms with Gasteiger partial charge in [-0.2, -0.15) is 0 Å². The van der Waals surface area contributed by atoms with Gasteiger partial charge in [-0.1, -0.05) is 30.3 Å². The summed E-state index contributed by atoms with van der Waals surface area (Å²) in [5, 5.41) is 14.6. The summed E-state index contributed by atoms with van der Waals surface area (Å²) in [5.41, 5.74) is 1.24. The highest BCUT2D eigenvalue weighted by Crippen LogP contribution is 2.26.